The number of benzene rings is 7. The minimum atomic E-state index is -2.98. The quantitative estimate of drug-likeness (QED) is 0.113. The third-order valence-electron chi connectivity index (χ3n) is 9.53. The maximum atomic E-state index is 10.7. The summed E-state index contributed by atoms with van der Waals surface area (Å²) < 4.78 is 4.31. The average molecular weight is 642 g/mol. The first kappa shape index (κ1) is 30.0. The first-order valence-corrected chi connectivity index (χ1v) is 16.8. The molecule has 0 fully saturated rings. The van der Waals surface area contributed by atoms with E-state index in [0.717, 1.165) is 49.5 Å². The van der Waals surface area contributed by atoms with Crippen molar-refractivity contribution in [2.24, 2.45) is 0 Å². The lowest BCUT2D eigenvalue weighted by Gasteiger charge is -2.37. The molecule has 0 saturated carbocycles. The summed E-state index contributed by atoms with van der Waals surface area (Å²) in [6, 6.07) is 47.7. The normalized spacial score (nSPS) is 12.5. The monoisotopic (exact) mass is 642 g/mol. The van der Waals surface area contributed by atoms with Crippen molar-refractivity contribution in [2.45, 2.75) is 10.9 Å². The number of para-hydroxylation sites is 2. The Morgan fingerprint density at radius 2 is 1.14 bits per heavy atom. The molecule has 49 heavy (non-hydrogen) atoms. The van der Waals surface area contributed by atoms with E-state index in [-0.39, 0.29) is 5.82 Å². The van der Waals surface area contributed by atoms with Crippen LogP contribution < -0.4 is 0 Å². The number of hydrogen-bond donors (Lipinski definition) is 2. The van der Waals surface area contributed by atoms with E-state index in [9.17, 15) is 10.2 Å². The SMILES string of the molecule is [B]C(O)(O)C([B])([B])c1nc2ccccc2n1-c1c2ccccc2c(-c2ccc3sc4ccccc4c3c2)c2cc(-c3ccccc3)ccc12. The van der Waals surface area contributed by atoms with Gasteiger partial charge in [-0.2, -0.15) is 0 Å². The second kappa shape index (κ2) is 10.9. The van der Waals surface area contributed by atoms with Crippen molar-refractivity contribution in [1.29, 1.82) is 0 Å². The molecule has 0 aliphatic rings. The van der Waals surface area contributed by atoms with Gasteiger partial charge in [-0.15, -0.1) is 11.3 Å². The molecule has 0 aliphatic carbocycles. The van der Waals surface area contributed by atoms with Gasteiger partial charge in [0.25, 0.3) is 0 Å². The van der Waals surface area contributed by atoms with Gasteiger partial charge in [-0.1, -0.05) is 103 Å². The van der Waals surface area contributed by atoms with Crippen LogP contribution in [-0.4, -0.2) is 49.0 Å². The number of aromatic nitrogens is 2. The van der Waals surface area contributed by atoms with Crippen LogP contribution in [-0.2, 0) is 5.21 Å². The van der Waals surface area contributed by atoms with E-state index < -0.39 is 10.9 Å². The Labute approximate surface area is 290 Å². The second-order valence-corrected chi connectivity index (χ2v) is 13.6. The molecule has 9 aromatic rings. The van der Waals surface area contributed by atoms with E-state index in [2.05, 4.69) is 84.9 Å². The fourth-order valence-electron chi connectivity index (χ4n) is 7.09. The highest BCUT2D eigenvalue weighted by Crippen LogP contribution is 2.46. The van der Waals surface area contributed by atoms with Crippen molar-refractivity contribution in [2.75, 3.05) is 0 Å². The molecule has 8 heteroatoms. The molecule has 7 aromatic carbocycles. The van der Waals surface area contributed by atoms with Gasteiger partial charge >= 0.3 is 0 Å². The van der Waals surface area contributed by atoms with E-state index in [1.807, 2.05) is 59.2 Å². The summed E-state index contributed by atoms with van der Waals surface area (Å²) in [7, 11) is 18.8. The van der Waals surface area contributed by atoms with Crippen molar-refractivity contribution in [1.82, 2.24) is 9.55 Å². The first-order chi connectivity index (χ1) is 23.7. The topological polar surface area (TPSA) is 58.3 Å². The number of nitrogens with zero attached hydrogens (tertiary/aromatic N) is 2. The number of imidazole rings is 1. The van der Waals surface area contributed by atoms with Gasteiger partial charge in [0.1, 0.15) is 11.5 Å². The van der Waals surface area contributed by atoms with Crippen LogP contribution in [0.2, 0.25) is 0 Å². The fraction of sp³-hybridized carbons (Fsp3) is 0.0488. The minimum absolute atomic E-state index is 0.0127. The van der Waals surface area contributed by atoms with Crippen LogP contribution in [0, 0.1) is 0 Å². The van der Waals surface area contributed by atoms with Crippen LogP contribution in [0.1, 0.15) is 5.82 Å². The molecular formula is C41H25B3N2O2S. The molecule has 9 rings (SSSR count). The van der Waals surface area contributed by atoms with Crippen LogP contribution in [0.5, 0.6) is 0 Å². The van der Waals surface area contributed by atoms with Gasteiger partial charge in [-0.25, -0.2) is 4.98 Å². The van der Waals surface area contributed by atoms with E-state index in [1.165, 1.54) is 20.2 Å². The smallest absolute Gasteiger partial charge is 0.152 e. The third kappa shape index (κ3) is 4.59. The highest BCUT2D eigenvalue weighted by atomic mass is 32.1. The van der Waals surface area contributed by atoms with Crippen LogP contribution in [0.15, 0.2) is 140 Å². The molecule has 0 saturated heterocycles. The molecule has 0 spiro atoms. The van der Waals surface area contributed by atoms with Crippen LogP contribution >= 0.6 is 11.3 Å². The van der Waals surface area contributed by atoms with E-state index >= 15 is 0 Å². The lowest BCUT2D eigenvalue weighted by molar-refractivity contribution is -0.100. The molecule has 6 radical (unpaired) electrons. The molecule has 2 heterocycles. The zero-order valence-corrected chi connectivity index (χ0v) is 27.0. The fourth-order valence-corrected chi connectivity index (χ4v) is 8.18. The van der Waals surface area contributed by atoms with E-state index in [4.69, 9.17) is 28.5 Å². The predicted molar refractivity (Wildman–Crippen MR) is 206 cm³/mol. The summed E-state index contributed by atoms with van der Waals surface area (Å²) >= 11 is 1.80. The number of hydrogen-bond acceptors (Lipinski definition) is 4. The maximum Gasteiger partial charge on any atom is 0.152 e. The molecule has 2 N–H and O–H groups in total. The molecule has 226 valence electrons. The van der Waals surface area contributed by atoms with Gasteiger partial charge in [0, 0.05) is 30.9 Å². The lowest BCUT2D eigenvalue weighted by Crippen LogP contribution is -2.54. The Balaban J connectivity index is 1.46. The summed E-state index contributed by atoms with van der Waals surface area (Å²) in [5.41, 5.74) is 3.38. The first-order valence-electron chi connectivity index (χ1n) is 16.0. The third-order valence-corrected chi connectivity index (χ3v) is 10.7. The Bertz CT molecular complexity index is 2750. The average Bonchev–Trinajstić information content (AvgIpc) is 3.69. The number of thiophene rings is 1. The highest BCUT2D eigenvalue weighted by molar-refractivity contribution is 7.25. The van der Waals surface area contributed by atoms with Crippen LogP contribution in [0.25, 0.3) is 80.7 Å². The Morgan fingerprint density at radius 3 is 1.94 bits per heavy atom. The zero-order valence-electron chi connectivity index (χ0n) is 26.2. The molecule has 0 atom stereocenters. The highest BCUT2D eigenvalue weighted by Gasteiger charge is 2.41. The lowest BCUT2D eigenvalue weighted by atomic mass is 9.45. The van der Waals surface area contributed by atoms with Crippen molar-refractivity contribution >= 4 is 87.6 Å². The molecule has 4 nitrogen and oxygen atoms in total. The van der Waals surface area contributed by atoms with E-state index in [0.29, 0.717) is 11.0 Å². The standard InChI is InChI=1S/C41H25B3N2O2S/c42-40(43,41(44,47)48)39-45-33-15-7-8-16-34(33)46(39)38-29-14-5-4-13-28(29)37(32-22-25(18-20-30(32)38)24-10-2-1-3-11-24)26-19-21-36-31(23-26)27-12-6-9-17-35(27)49-36/h1-23,47-48H. The van der Waals surface area contributed by atoms with Crippen molar-refractivity contribution in [3.05, 3.63) is 145 Å². The summed E-state index contributed by atoms with van der Waals surface area (Å²) in [5.74, 6) is 0.0127. The minimum Gasteiger partial charge on any atom is -0.376 e. The van der Waals surface area contributed by atoms with Crippen LogP contribution in [0.4, 0.5) is 0 Å². The summed E-state index contributed by atoms with van der Waals surface area (Å²) in [4.78, 5) is 4.76. The van der Waals surface area contributed by atoms with Gasteiger partial charge in [0.15, 0.2) is 7.85 Å². The Kier molecular flexibility index (Phi) is 6.69. The molecule has 0 bridgehead atoms. The molecular weight excluding hydrogens is 617 g/mol. The Morgan fingerprint density at radius 1 is 0.531 bits per heavy atom. The van der Waals surface area contributed by atoms with Gasteiger partial charge in [-0.3, -0.25) is 4.57 Å². The number of rotatable bonds is 5. The van der Waals surface area contributed by atoms with Gasteiger partial charge < -0.3 is 10.2 Å². The number of fused-ring (bicyclic) bond motifs is 6. The molecule has 0 unspecified atom stereocenters. The van der Waals surface area contributed by atoms with Crippen LogP contribution in [0.3, 0.4) is 0 Å². The van der Waals surface area contributed by atoms with Gasteiger partial charge in [0.05, 0.1) is 32.4 Å². The van der Waals surface area contributed by atoms with Gasteiger partial charge in [-0.05, 0) is 74.6 Å². The second-order valence-electron chi connectivity index (χ2n) is 12.6. The Hall–Kier alpha value is -5.14. The summed E-state index contributed by atoms with van der Waals surface area (Å²) in [5, 5.41) is 25.2. The van der Waals surface area contributed by atoms with E-state index in [1.54, 1.807) is 11.3 Å². The molecule has 0 amide bonds. The largest absolute Gasteiger partial charge is 0.376 e. The summed E-state index contributed by atoms with van der Waals surface area (Å²) in [6.07, 6.45) is 0. The zero-order chi connectivity index (χ0) is 33.5. The van der Waals surface area contributed by atoms with Crippen molar-refractivity contribution < 1.29 is 10.2 Å². The van der Waals surface area contributed by atoms with Crippen molar-refractivity contribution in [3.8, 4) is 27.9 Å². The molecule has 0 aliphatic heterocycles. The van der Waals surface area contributed by atoms with Gasteiger partial charge in [0.2, 0.25) is 0 Å². The van der Waals surface area contributed by atoms with Crippen molar-refractivity contribution in [3.63, 3.8) is 0 Å². The number of aliphatic hydroxyl groups is 2. The summed E-state index contributed by atoms with van der Waals surface area (Å²) in [6.45, 7) is 0. The predicted octanol–water partition coefficient (Wildman–Crippen LogP) is 8.33. The maximum absolute atomic E-state index is 10.7. The molecule has 2 aromatic heterocycles.